The number of hydrogen-bond acceptors (Lipinski definition) is 2. The minimum absolute atomic E-state index is 0.450. The van der Waals surface area contributed by atoms with E-state index in [0.29, 0.717) is 12.6 Å². The molecule has 0 aliphatic rings. The number of hydrogen-bond donors (Lipinski definition) is 1. The average molecular weight is 255 g/mol. The molecule has 2 aromatic rings. The minimum atomic E-state index is 0.450. The second kappa shape index (κ2) is 6.39. The molecule has 2 aromatic carbocycles. The van der Waals surface area contributed by atoms with Crippen LogP contribution in [0.5, 0.6) is 5.75 Å². The van der Waals surface area contributed by atoms with Gasteiger partial charge in [0.05, 0.1) is 0 Å². The number of nitrogens with one attached hydrogen (secondary N) is 1. The van der Waals surface area contributed by atoms with Crippen molar-refractivity contribution < 1.29 is 4.74 Å². The van der Waals surface area contributed by atoms with Crippen LogP contribution in [0.25, 0.3) is 10.8 Å². The van der Waals surface area contributed by atoms with Gasteiger partial charge in [-0.3, -0.25) is 0 Å². The molecule has 100 valence electrons. The standard InChI is InChI=1S/C17H21NO/c1-4-11-19-17-10-9-14-7-5-6-8-15(14)16(17)12-18-13(2)3/h4-10,13,18H,1,11-12H2,2-3H3. The lowest BCUT2D eigenvalue weighted by Gasteiger charge is -2.15. The van der Waals surface area contributed by atoms with Crippen LogP contribution in [0.4, 0.5) is 0 Å². The number of ether oxygens (including phenoxy) is 1. The highest BCUT2D eigenvalue weighted by Gasteiger charge is 2.08. The van der Waals surface area contributed by atoms with Gasteiger partial charge >= 0.3 is 0 Å². The Morgan fingerprint density at radius 1 is 1.21 bits per heavy atom. The molecule has 0 unspecified atom stereocenters. The van der Waals surface area contributed by atoms with Crippen molar-refractivity contribution in [1.29, 1.82) is 0 Å². The topological polar surface area (TPSA) is 21.3 Å². The van der Waals surface area contributed by atoms with Gasteiger partial charge in [0, 0.05) is 18.2 Å². The van der Waals surface area contributed by atoms with Crippen LogP contribution in [0.15, 0.2) is 49.1 Å². The summed E-state index contributed by atoms with van der Waals surface area (Å²) in [6, 6.07) is 13.0. The van der Waals surface area contributed by atoms with E-state index < -0.39 is 0 Å². The Kier molecular flexibility index (Phi) is 4.58. The highest BCUT2D eigenvalue weighted by Crippen LogP contribution is 2.28. The van der Waals surface area contributed by atoms with E-state index in [2.05, 4.69) is 56.1 Å². The van der Waals surface area contributed by atoms with Crippen molar-refractivity contribution in [2.45, 2.75) is 26.4 Å². The summed E-state index contributed by atoms with van der Waals surface area (Å²) in [5, 5.41) is 5.96. The second-order valence-electron chi connectivity index (χ2n) is 4.90. The molecular formula is C17H21NO. The van der Waals surface area contributed by atoms with Crippen molar-refractivity contribution >= 4 is 10.8 Å². The Balaban J connectivity index is 2.41. The molecule has 0 atom stereocenters. The summed E-state index contributed by atoms with van der Waals surface area (Å²) in [6.07, 6.45) is 1.77. The summed E-state index contributed by atoms with van der Waals surface area (Å²) in [5.74, 6) is 0.937. The highest BCUT2D eigenvalue weighted by molar-refractivity contribution is 5.87. The zero-order valence-corrected chi connectivity index (χ0v) is 11.6. The molecule has 2 heteroatoms. The smallest absolute Gasteiger partial charge is 0.124 e. The van der Waals surface area contributed by atoms with Gasteiger partial charge in [-0.05, 0) is 16.8 Å². The Hall–Kier alpha value is -1.80. The quantitative estimate of drug-likeness (QED) is 0.790. The van der Waals surface area contributed by atoms with Crippen LogP contribution in [0.2, 0.25) is 0 Å². The maximum atomic E-state index is 5.77. The first-order valence-electron chi connectivity index (χ1n) is 6.70. The van der Waals surface area contributed by atoms with Gasteiger partial charge in [-0.2, -0.15) is 0 Å². The molecule has 0 aliphatic carbocycles. The van der Waals surface area contributed by atoms with E-state index in [1.165, 1.54) is 16.3 Å². The molecule has 0 spiro atoms. The van der Waals surface area contributed by atoms with Crippen LogP contribution in [0.3, 0.4) is 0 Å². The lowest BCUT2D eigenvalue weighted by molar-refractivity contribution is 0.358. The van der Waals surface area contributed by atoms with Crippen LogP contribution >= 0.6 is 0 Å². The molecule has 0 amide bonds. The predicted molar refractivity (Wildman–Crippen MR) is 81.6 cm³/mol. The third-order valence-corrected chi connectivity index (χ3v) is 3.04. The van der Waals surface area contributed by atoms with E-state index in [-0.39, 0.29) is 0 Å². The molecule has 1 N–H and O–H groups in total. The SMILES string of the molecule is C=CCOc1ccc2ccccc2c1CNC(C)C. The van der Waals surface area contributed by atoms with Gasteiger partial charge in [0.15, 0.2) is 0 Å². The van der Waals surface area contributed by atoms with Crippen molar-refractivity contribution in [3.8, 4) is 5.75 Å². The fourth-order valence-corrected chi connectivity index (χ4v) is 2.09. The molecule has 0 radical (unpaired) electrons. The molecule has 0 saturated carbocycles. The highest BCUT2D eigenvalue weighted by atomic mass is 16.5. The van der Waals surface area contributed by atoms with E-state index in [1.807, 2.05) is 6.07 Å². The van der Waals surface area contributed by atoms with Crippen LogP contribution in [0.1, 0.15) is 19.4 Å². The van der Waals surface area contributed by atoms with Gasteiger partial charge in [-0.25, -0.2) is 0 Å². The molecule has 2 rings (SSSR count). The van der Waals surface area contributed by atoms with Crippen LogP contribution in [0, 0.1) is 0 Å². The summed E-state index contributed by atoms with van der Waals surface area (Å²) in [6.45, 7) is 9.34. The first-order chi connectivity index (χ1) is 9.22. The van der Waals surface area contributed by atoms with Gasteiger partial charge in [0.25, 0.3) is 0 Å². The summed E-state index contributed by atoms with van der Waals surface area (Å²) in [4.78, 5) is 0. The second-order valence-corrected chi connectivity index (χ2v) is 4.90. The molecular weight excluding hydrogens is 234 g/mol. The Morgan fingerprint density at radius 2 is 2.00 bits per heavy atom. The molecule has 19 heavy (non-hydrogen) atoms. The largest absolute Gasteiger partial charge is 0.489 e. The van der Waals surface area contributed by atoms with Crippen LogP contribution in [-0.2, 0) is 6.54 Å². The average Bonchev–Trinajstić information content (AvgIpc) is 2.42. The van der Waals surface area contributed by atoms with Gasteiger partial charge < -0.3 is 10.1 Å². The van der Waals surface area contributed by atoms with E-state index in [0.717, 1.165) is 12.3 Å². The van der Waals surface area contributed by atoms with Gasteiger partial charge in [0.2, 0.25) is 0 Å². The van der Waals surface area contributed by atoms with Crippen LogP contribution in [-0.4, -0.2) is 12.6 Å². The van der Waals surface area contributed by atoms with E-state index in [9.17, 15) is 0 Å². The zero-order chi connectivity index (χ0) is 13.7. The maximum Gasteiger partial charge on any atom is 0.124 e. The lowest BCUT2D eigenvalue weighted by atomic mass is 10.0. The number of fused-ring (bicyclic) bond motifs is 1. The molecule has 0 saturated heterocycles. The maximum absolute atomic E-state index is 5.77. The summed E-state index contributed by atoms with van der Waals surface area (Å²) >= 11 is 0. The summed E-state index contributed by atoms with van der Waals surface area (Å²) in [7, 11) is 0. The van der Waals surface area contributed by atoms with E-state index in [4.69, 9.17) is 4.74 Å². The minimum Gasteiger partial charge on any atom is -0.489 e. The predicted octanol–water partition coefficient (Wildman–Crippen LogP) is 3.90. The van der Waals surface area contributed by atoms with Crippen molar-refractivity contribution in [1.82, 2.24) is 5.32 Å². The number of rotatable bonds is 6. The molecule has 2 nitrogen and oxygen atoms in total. The Labute approximate surface area is 115 Å². The van der Waals surface area contributed by atoms with Gasteiger partial charge in [-0.1, -0.05) is 56.8 Å². The molecule has 0 aliphatic heterocycles. The van der Waals surface area contributed by atoms with Gasteiger partial charge in [-0.15, -0.1) is 0 Å². The van der Waals surface area contributed by atoms with Crippen molar-refractivity contribution in [2.24, 2.45) is 0 Å². The molecule has 0 heterocycles. The number of benzene rings is 2. The van der Waals surface area contributed by atoms with Crippen molar-refractivity contribution in [3.05, 3.63) is 54.6 Å². The Morgan fingerprint density at radius 3 is 2.74 bits per heavy atom. The summed E-state index contributed by atoms with van der Waals surface area (Å²) < 4.78 is 5.77. The first-order valence-corrected chi connectivity index (χ1v) is 6.70. The first kappa shape index (κ1) is 13.6. The zero-order valence-electron chi connectivity index (χ0n) is 11.6. The molecule has 0 bridgehead atoms. The molecule has 0 aromatic heterocycles. The fraction of sp³-hybridized carbons (Fsp3) is 0.294. The van der Waals surface area contributed by atoms with Crippen molar-refractivity contribution in [2.75, 3.05) is 6.61 Å². The third-order valence-electron chi connectivity index (χ3n) is 3.04. The van der Waals surface area contributed by atoms with E-state index >= 15 is 0 Å². The fourth-order valence-electron chi connectivity index (χ4n) is 2.09. The van der Waals surface area contributed by atoms with Crippen LogP contribution < -0.4 is 10.1 Å². The molecule has 0 fully saturated rings. The van der Waals surface area contributed by atoms with Crippen molar-refractivity contribution in [3.63, 3.8) is 0 Å². The van der Waals surface area contributed by atoms with Gasteiger partial charge in [0.1, 0.15) is 12.4 Å². The van der Waals surface area contributed by atoms with E-state index in [1.54, 1.807) is 6.08 Å². The summed E-state index contributed by atoms with van der Waals surface area (Å²) in [5.41, 5.74) is 1.22. The third kappa shape index (κ3) is 3.36. The Bertz CT molecular complexity index is 560. The monoisotopic (exact) mass is 255 g/mol. The normalized spacial score (nSPS) is 10.9. The lowest BCUT2D eigenvalue weighted by Crippen LogP contribution is -2.22.